The molecule has 0 saturated heterocycles. The standard InChI is InChI=1S/C51H38N2O2.C3H8/c1-7-17-33(10-4)49(35-20-15-12-16-21-35)52-30(5)36-22-24-38-40-26-28-42-47-43(29-27-41(46(40)47)39-25-23-37(31(52)6)44(36)45(38)39)51(55)53(50(42)54)48(32(8-2)9-3)34-18-13-11-14-19-34;1-3-2/h7-29,48-49H,1-2,4-6H2,3H3;3H2,1-2H3/b32-9+,33-17+;. The van der Waals surface area contributed by atoms with Gasteiger partial charge in [-0.3, -0.25) is 14.2 Å². The van der Waals surface area contributed by atoms with E-state index < -0.39 is 6.04 Å². The first kappa shape index (κ1) is 37.9. The molecule has 9 rings (SSSR count). The van der Waals surface area contributed by atoms with Crippen LogP contribution in [0.5, 0.6) is 0 Å². The van der Waals surface area contributed by atoms with Crippen molar-refractivity contribution in [1.82, 2.24) is 9.13 Å². The van der Waals surface area contributed by atoms with Crippen LogP contribution in [0.15, 0.2) is 180 Å². The number of nitrogens with zero attached hydrogens (tertiary/aromatic N) is 2. The second kappa shape index (κ2) is 15.1. The minimum absolute atomic E-state index is 0.226. The number of aromatic nitrogens is 2. The van der Waals surface area contributed by atoms with E-state index in [9.17, 15) is 9.59 Å². The molecule has 0 aliphatic rings. The summed E-state index contributed by atoms with van der Waals surface area (Å²) in [5, 5.41) is 12.6. The Hall–Kier alpha value is -7.04. The molecule has 7 aromatic carbocycles. The van der Waals surface area contributed by atoms with E-state index in [1.54, 1.807) is 12.2 Å². The molecule has 58 heavy (non-hydrogen) atoms. The first-order valence-corrected chi connectivity index (χ1v) is 19.8. The van der Waals surface area contributed by atoms with Gasteiger partial charge in [-0.05, 0) is 73.6 Å². The molecule has 0 bridgehead atoms. The largest absolute Gasteiger partial charge is 0.330 e. The summed E-state index contributed by atoms with van der Waals surface area (Å²) in [5.41, 5.74) is 3.05. The van der Waals surface area contributed by atoms with Gasteiger partial charge in [0.2, 0.25) is 0 Å². The fourth-order valence-electron chi connectivity index (χ4n) is 9.09. The highest BCUT2D eigenvalue weighted by atomic mass is 16.2. The number of rotatable bonds is 9. The predicted molar refractivity (Wildman–Crippen MR) is 250 cm³/mol. The maximum absolute atomic E-state index is 14.6. The maximum Gasteiger partial charge on any atom is 0.262 e. The summed E-state index contributed by atoms with van der Waals surface area (Å²) in [4.78, 5) is 29.3. The third-order valence-electron chi connectivity index (χ3n) is 11.5. The highest BCUT2D eigenvalue weighted by molar-refractivity contribution is 6.39. The minimum atomic E-state index is -0.618. The van der Waals surface area contributed by atoms with Crippen molar-refractivity contribution < 1.29 is 0 Å². The number of pyridine rings is 2. The molecule has 4 heteroatoms. The number of fused-ring (bicyclic) bond motifs is 2. The van der Waals surface area contributed by atoms with Crippen molar-refractivity contribution in [2.45, 2.75) is 39.3 Å². The Morgan fingerprint density at radius 2 is 0.862 bits per heavy atom. The Morgan fingerprint density at radius 3 is 1.24 bits per heavy atom. The molecule has 2 heterocycles. The number of allylic oxidation sites excluding steroid dienone is 7. The van der Waals surface area contributed by atoms with Crippen LogP contribution in [-0.2, 0) is 0 Å². The molecule has 2 atom stereocenters. The zero-order valence-corrected chi connectivity index (χ0v) is 33.4. The number of hydrogen-bond donors (Lipinski definition) is 0. The molecule has 0 spiro atoms. The molecule has 4 nitrogen and oxygen atoms in total. The fraction of sp³-hybridized carbons (Fsp3) is 0.111. The SMILES string of the molecule is C=C/C=C(\C=C)C(c1ccccc1)n1c(=C)c2ccc3c4ccc5c(=O)n(C(/C(C=C)=C/C)c6ccccc6)c(=O)c6ccc(c7ccc(c1=C)c2c37)c4c56.CCC. The third-order valence-corrected chi connectivity index (χ3v) is 11.5. The van der Waals surface area contributed by atoms with Crippen molar-refractivity contribution in [3.63, 3.8) is 0 Å². The van der Waals surface area contributed by atoms with Crippen LogP contribution in [0.3, 0.4) is 0 Å². The molecule has 0 amide bonds. The lowest BCUT2D eigenvalue weighted by Crippen LogP contribution is -2.37. The summed E-state index contributed by atoms with van der Waals surface area (Å²) in [6.45, 7) is 27.7. The van der Waals surface area contributed by atoms with Crippen LogP contribution >= 0.6 is 0 Å². The molecule has 0 N–H and O–H groups in total. The van der Waals surface area contributed by atoms with Crippen LogP contribution in [0, 0.1) is 0 Å². The molecule has 0 aliphatic carbocycles. The van der Waals surface area contributed by atoms with Gasteiger partial charge < -0.3 is 4.57 Å². The maximum atomic E-state index is 14.6. The lowest BCUT2D eigenvalue weighted by Gasteiger charge is -2.27. The van der Waals surface area contributed by atoms with E-state index >= 15 is 0 Å². The van der Waals surface area contributed by atoms with Gasteiger partial charge in [-0.25, -0.2) is 0 Å². The van der Waals surface area contributed by atoms with Gasteiger partial charge in [0.05, 0.1) is 12.1 Å². The van der Waals surface area contributed by atoms with Gasteiger partial charge >= 0.3 is 0 Å². The molecule has 0 saturated carbocycles. The molecular formula is C54H46N2O2. The second-order valence-corrected chi connectivity index (χ2v) is 14.8. The molecule has 2 unspecified atom stereocenters. The molecule has 0 aliphatic heterocycles. The summed E-state index contributed by atoms with van der Waals surface area (Å²) >= 11 is 0. The van der Waals surface area contributed by atoms with E-state index in [0.29, 0.717) is 16.2 Å². The Morgan fingerprint density at radius 1 is 0.517 bits per heavy atom. The Labute approximate surface area is 338 Å². The van der Waals surface area contributed by atoms with E-state index in [0.717, 1.165) is 81.4 Å². The number of benzene rings is 7. The quantitative estimate of drug-likeness (QED) is 0.0837. The second-order valence-electron chi connectivity index (χ2n) is 14.8. The van der Waals surface area contributed by atoms with E-state index in [2.05, 4.69) is 74.5 Å². The van der Waals surface area contributed by atoms with Crippen LogP contribution in [0.4, 0.5) is 0 Å². The van der Waals surface area contributed by atoms with Gasteiger partial charge in [0.15, 0.2) is 0 Å². The van der Waals surface area contributed by atoms with Crippen molar-refractivity contribution in [1.29, 1.82) is 0 Å². The van der Waals surface area contributed by atoms with Gasteiger partial charge in [-0.1, -0.05) is 181 Å². The van der Waals surface area contributed by atoms with Crippen LogP contribution in [-0.4, -0.2) is 9.13 Å². The van der Waals surface area contributed by atoms with Gasteiger partial charge in [-0.2, -0.15) is 0 Å². The Bertz CT molecular complexity index is 3220. The lowest BCUT2D eigenvalue weighted by molar-refractivity contribution is 0.637. The topological polar surface area (TPSA) is 44.0 Å². The monoisotopic (exact) mass is 754 g/mol. The zero-order valence-electron chi connectivity index (χ0n) is 33.4. The zero-order chi connectivity index (χ0) is 40.8. The van der Waals surface area contributed by atoms with Crippen LogP contribution in [0.1, 0.15) is 50.4 Å². The van der Waals surface area contributed by atoms with Crippen molar-refractivity contribution in [2.24, 2.45) is 0 Å². The van der Waals surface area contributed by atoms with Crippen molar-refractivity contribution >= 4 is 77.8 Å². The third kappa shape index (κ3) is 5.59. The van der Waals surface area contributed by atoms with Crippen LogP contribution < -0.4 is 21.8 Å². The smallest absolute Gasteiger partial charge is 0.262 e. The molecule has 9 aromatic rings. The molecular weight excluding hydrogens is 709 g/mol. The summed E-state index contributed by atoms with van der Waals surface area (Å²) in [6.07, 6.45) is 10.5. The molecule has 284 valence electrons. The normalized spacial score (nSPS) is 13.4. The van der Waals surface area contributed by atoms with Gasteiger partial charge in [0.25, 0.3) is 11.1 Å². The van der Waals surface area contributed by atoms with Crippen LogP contribution in [0.25, 0.3) is 77.8 Å². The van der Waals surface area contributed by atoms with Crippen molar-refractivity contribution in [3.05, 3.63) is 213 Å². The van der Waals surface area contributed by atoms with Crippen LogP contribution in [0.2, 0.25) is 0 Å². The van der Waals surface area contributed by atoms with Crippen molar-refractivity contribution in [3.8, 4) is 0 Å². The summed E-state index contributed by atoms with van der Waals surface area (Å²) in [7, 11) is 0. The first-order valence-electron chi connectivity index (χ1n) is 19.8. The van der Waals surface area contributed by atoms with E-state index in [1.165, 1.54) is 11.0 Å². The van der Waals surface area contributed by atoms with E-state index in [-0.39, 0.29) is 17.2 Å². The Kier molecular flexibility index (Phi) is 9.88. The highest BCUT2D eigenvalue weighted by Crippen LogP contribution is 2.44. The van der Waals surface area contributed by atoms with Crippen molar-refractivity contribution in [2.75, 3.05) is 0 Å². The van der Waals surface area contributed by atoms with Gasteiger partial charge in [0.1, 0.15) is 0 Å². The summed E-state index contributed by atoms with van der Waals surface area (Å²) < 4.78 is 3.62. The molecule has 2 aromatic heterocycles. The Balaban J connectivity index is 0.00000152. The fourth-order valence-corrected chi connectivity index (χ4v) is 9.09. The van der Waals surface area contributed by atoms with Gasteiger partial charge in [0, 0.05) is 43.0 Å². The number of hydrogen-bond acceptors (Lipinski definition) is 2. The minimum Gasteiger partial charge on any atom is -0.330 e. The predicted octanol–water partition coefficient (Wildman–Crippen LogP) is 11.7. The lowest BCUT2D eigenvalue weighted by atomic mass is 9.85. The highest BCUT2D eigenvalue weighted by Gasteiger charge is 2.27. The molecule has 0 fully saturated rings. The summed E-state index contributed by atoms with van der Waals surface area (Å²) in [6, 6.07) is 35.7. The van der Waals surface area contributed by atoms with E-state index in [1.807, 2.05) is 97.9 Å². The average Bonchev–Trinajstić information content (AvgIpc) is 3.25. The average molecular weight is 755 g/mol. The summed E-state index contributed by atoms with van der Waals surface area (Å²) in [5.74, 6) is 0. The first-order chi connectivity index (χ1) is 28.3. The molecule has 0 radical (unpaired) electrons. The van der Waals surface area contributed by atoms with Gasteiger partial charge in [-0.15, -0.1) is 0 Å². The van der Waals surface area contributed by atoms with E-state index in [4.69, 9.17) is 13.2 Å².